The molecule has 0 atom stereocenters. The van der Waals surface area contributed by atoms with E-state index >= 15 is 0 Å². The lowest BCUT2D eigenvalue weighted by Gasteiger charge is -2.32. The average molecular weight is 878 g/mol. The molecule has 0 saturated heterocycles. The maximum atomic E-state index is 7.29. The van der Waals surface area contributed by atoms with E-state index in [2.05, 4.69) is 204 Å². The summed E-state index contributed by atoms with van der Waals surface area (Å²) < 4.78 is 7.29. The van der Waals surface area contributed by atoms with Crippen LogP contribution in [0.15, 0.2) is 4.42 Å². The quantitative estimate of drug-likeness (QED) is 0.0958. The monoisotopic (exact) mass is 883 g/mol. The Balaban J connectivity index is 1.56. The van der Waals surface area contributed by atoms with Crippen LogP contribution in [0.3, 0.4) is 0 Å². The minimum Gasteiger partial charge on any atom is -0.457 e. The standard InChI is InChI=1S/C44H52B26O/c45-17-3(8-9(25(53)37(65)36(64)24(8)52)10-12(17)27(55)39(67)38(66)26(10)54)1-4-6(22(50)34(62)32(60)20(4)48)2(7-5(1)21(49)33(61)35(63)23(7)51)11-18(46)16-15-19(47)13-14(29(57)41(69)40(68)28(13)56)31(59)43(15)71-44(16)42(70)30(11)58/h45-70H2. The molecule has 1 nitrogen and oxygen atoms in total. The highest BCUT2D eigenvalue weighted by atomic mass is 16.3. The normalized spacial score (nSPS) is 12.0. The summed E-state index contributed by atoms with van der Waals surface area (Å²) >= 11 is 0. The van der Waals surface area contributed by atoms with Gasteiger partial charge in [0.2, 0.25) is 0 Å². The van der Waals surface area contributed by atoms with Gasteiger partial charge in [0.1, 0.15) is 215 Å². The number of hydrogen-bond acceptors (Lipinski definition) is 1. The largest absolute Gasteiger partial charge is 0.457 e. The third-order valence-electron chi connectivity index (χ3n) is 20.6. The first-order valence-corrected chi connectivity index (χ1v) is 26.4. The Morgan fingerprint density at radius 1 is 0.127 bits per heavy atom. The minimum absolute atomic E-state index is 1.03. The number of benzene rings is 9. The van der Waals surface area contributed by atoms with Gasteiger partial charge in [-0.05, 0) is 81.6 Å². The summed E-state index contributed by atoms with van der Waals surface area (Å²) in [5.41, 5.74) is 43.2. The van der Waals surface area contributed by atoms with Crippen molar-refractivity contribution in [2.24, 2.45) is 0 Å². The topological polar surface area (TPSA) is 13.1 Å². The molecule has 71 heavy (non-hydrogen) atoms. The zero-order valence-electron chi connectivity index (χ0n) is 48.4. The highest BCUT2D eigenvalue weighted by Crippen LogP contribution is 2.42. The van der Waals surface area contributed by atoms with Crippen molar-refractivity contribution in [2.75, 3.05) is 0 Å². The molecule has 0 radical (unpaired) electrons. The average Bonchev–Trinajstić information content (AvgIpc) is 3.76. The molecule has 0 saturated carbocycles. The van der Waals surface area contributed by atoms with Crippen LogP contribution in [-0.2, 0) is 0 Å². The van der Waals surface area contributed by atoms with Crippen LogP contribution in [0.5, 0.6) is 0 Å². The SMILES string of the molecule is Bc1c(-c2c3c(B)c(B)c(B)c(B)c3c(-c3c(B)c4c(B)c(B)c(B)c(B)c4c4c(B)c(B)c(B)c(B)c34)c3c(B)c(B)c(B)c(B)c23)c(B)c2c(oc3c(B)c4c(B)c(B)c(B)c(B)c4c(B)c32)c1B. The Morgan fingerprint density at radius 3 is 0.718 bits per heavy atom. The first-order chi connectivity index (χ1) is 33.2. The Morgan fingerprint density at radius 2 is 0.352 bits per heavy atom. The number of rotatable bonds is 2. The lowest BCUT2D eigenvalue weighted by atomic mass is 9.56. The number of hydrogen-bond donors (Lipinski definition) is 0. The van der Waals surface area contributed by atoms with Gasteiger partial charge >= 0.3 is 0 Å². The van der Waals surface area contributed by atoms with Crippen LogP contribution in [-0.4, -0.2) is 204 Å². The molecular weight excluding hydrogens is 826 g/mol. The lowest BCUT2D eigenvalue weighted by Crippen LogP contribution is -2.52. The smallest absolute Gasteiger partial charge is 0.145 e. The van der Waals surface area contributed by atoms with Crippen LogP contribution >= 0.6 is 0 Å². The second kappa shape index (κ2) is 16.6. The van der Waals surface area contributed by atoms with Gasteiger partial charge in [0, 0.05) is 10.8 Å². The van der Waals surface area contributed by atoms with Crippen molar-refractivity contribution in [1.82, 2.24) is 0 Å². The molecular formula is C44H52B26O. The molecule has 0 aliphatic heterocycles. The van der Waals surface area contributed by atoms with Gasteiger partial charge in [-0.1, -0.05) is 81.9 Å². The molecule has 10 rings (SSSR count). The van der Waals surface area contributed by atoms with Crippen molar-refractivity contribution in [2.45, 2.75) is 0 Å². The van der Waals surface area contributed by atoms with Crippen LogP contribution in [0.25, 0.3) is 98.1 Å². The molecule has 27 heteroatoms. The van der Waals surface area contributed by atoms with Crippen LogP contribution in [0.4, 0.5) is 0 Å². The predicted octanol–water partition coefficient (Wildman–Crippen LogP) is -32.6. The van der Waals surface area contributed by atoms with E-state index in [9.17, 15) is 0 Å². The fraction of sp³-hybridized carbons (Fsp3) is 0. The lowest BCUT2D eigenvalue weighted by molar-refractivity contribution is 0.675. The molecule has 0 fully saturated rings. The molecule has 312 valence electrons. The minimum atomic E-state index is 1.03. The Hall–Kier alpha value is -4.23. The van der Waals surface area contributed by atoms with Gasteiger partial charge in [0.15, 0.2) is 0 Å². The molecule has 0 N–H and O–H groups in total. The van der Waals surface area contributed by atoms with Crippen LogP contribution in [0.1, 0.15) is 0 Å². The zero-order valence-corrected chi connectivity index (χ0v) is 48.4. The van der Waals surface area contributed by atoms with Crippen LogP contribution in [0, 0.1) is 0 Å². The van der Waals surface area contributed by atoms with E-state index in [4.69, 9.17) is 4.42 Å². The second-order valence-corrected chi connectivity index (χ2v) is 23.0. The molecule has 0 aliphatic rings. The van der Waals surface area contributed by atoms with Crippen molar-refractivity contribution < 1.29 is 4.42 Å². The van der Waals surface area contributed by atoms with Crippen molar-refractivity contribution >= 4 is 422 Å². The Bertz CT molecular complexity index is 4210. The summed E-state index contributed by atoms with van der Waals surface area (Å²) in [5, 5.41) is 16.6. The van der Waals surface area contributed by atoms with Gasteiger partial charge in [-0.25, -0.2) is 0 Å². The van der Waals surface area contributed by atoms with Crippen molar-refractivity contribution in [3.8, 4) is 22.3 Å². The molecule has 1 heterocycles. The maximum Gasteiger partial charge on any atom is 0.145 e. The second-order valence-electron chi connectivity index (χ2n) is 23.0. The van der Waals surface area contributed by atoms with Gasteiger partial charge in [-0.3, -0.25) is 0 Å². The van der Waals surface area contributed by atoms with Gasteiger partial charge < -0.3 is 4.42 Å². The summed E-state index contributed by atoms with van der Waals surface area (Å²) in [7, 11) is 61.7. The van der Waals surface area contributed by atoms with E-state index in [1.54, 1.807) is 0 Å². The Kier molecular flexibility index (Phi) is 11.8. The molecule has 10 aromatic rings. The van der Waals surface area contributed by atoms with E-state index in [-0.39, 0.29) is 0 Å². The van der Waals surface area contributed by atoms with E-state index < -0.39 is 0 Å². The fourth-order valence-electron chi connectivity index (χ4n) is 14.6. The summed E-state index contributed by atoms with van der Waals surface area (Å²) in [6.45, 7) is 0. The van der Waals surface area contributed by atoms with Crippen molar-refractivity contribution in [3.05, 3.63) is 0 Å². The van der Waals surface area contributed by atoms with Gasteiger partial charge in [0.05, 0.1) is 0 Å². The third kappa shape index (κ3) is 6.20. The van der Waals surface area contributed by atoms with E-state index in [1.165, 1.54) is 229 Å². The highest BCUT2D eigenvalue weighted by Gasteiger charge is 2.32. The third-order valence-corrected chi connectivity index (χ3v) is 20.6. The van der Waals surface area contributed by atoms with Gasteiger partial charge in [0.25, 0.3) is 0 Å². The molecule has 9 aromatic carbocycles. The predicted molar refractivity (Wildman–Crippen MR) is 405 cm³/mol. The maximum absolute atomic E-state index is 7.29. The van der Waals surface area contributed by atoms with Crippen molar-refractivity contribution in [1.29, 1.82) is 0 Å². The van der Waals surface area contributed by atoms with E-state index in [0.29, 0.717) is 0 Å². The van der Waals surface area contributed by atoms with Crippen LogP contribution < -0.4 is 142 Å². The molecule has 0 bridgehead atoms. The van der Waals surface area contributed by atoms with E-state index in [0.717, 1.165) is 11.2 Å². The summed E-state index contributed by atoms with van der Waals surface area (Å²) in [6.07, 6.45) is 0. The zero-order chi connectivity index (χ0) is 52.1. The molecule has 0 aliphatic carbocycles. The first-order valence-electron chi connectivity index (χ1n) is 26.4. The van der Waals surface area contributed by atoms with Crippen molar-refractivity contribution in [3.63, 3.8) is 0 Å². The number of fused-ring (bicyclic) bond motifs is 9. The molecule has 1 aromatic heterocycles. The fourth-order valence-corrected chi connectivity index (χ4v) is 14.6. The number of furan rings is 1. The summed E-state index contributed by atoms with van der Waals surface area (Å²) in [4.78, 5) is 0. The highest BCUT2D eigenvalue weighted by molar-refractivity contribution is 6.78. The summed E-state index contributed by atoms with van der Waals surface area (Å²) in [6, 6.07) is 0. The van der Waals surface area contributed by atoms with Crippen LogP contribution in [0.2, 0.25) is 0 Å². The molecule has 0 amide bonds. The van der Waals surface area contributed by atoms with Gasteiger partial charge in [-0.2, -0.15) is 0 Å². The first kappa shape index (κ1) is 50.3. The Labute approximate surface area is 445 Å². The van der Waals surface area contributed by atoms with Gasteiger partial charge in [-0.15, -0.1) is 54.6 Å². The summed E-state index contributed by atoms with van der Waals surface area (Å²) in [5.74, 6) is 0. The molecule has 0 spiro atoms. The van der Waals surface area contributed by atoms with E-state index in [1.807, 2.05) is 0 Å². The molecule has 0 unspecified atom stereocenters.